The number of amides is 1. The smallest absolute Gasteiger partial charge is 0.244 e. The highest BCUT2D eigenvalue weighted by atomic mass is 32.1. The Hall–Kier alpha value is -1.56. The molecule has 0 aliphatic carbocycles. The molecule has 2 aliphatic rings. The summed E-state index contributed by atoms with van der Waals surface area (Å²) >= 11 is 1.78. The normalized spacial score (nSPS) is 22.6. The van der Waals surface area contributed by atoms with Crippen molar-refractivity contribution in [3.05, 3.63) is 21.9 Å². The van der Waals surface area contributed by atoms with Crippen molar-refractivity contribution in [2.24, 2.45) is 16.6 Å². The van der Waals surface area contributed by atoms with Gasteiger partial charge in [0.25, 0.3) is 0 Å². The fourth-order valence-corrected chi connectivity index (χ4v) is 4.10. The van der Waals surface area contributed by atoms with Gasteiger partial charge in [0.2, 0.25) is 5.91 Å². The summed E-state index contributed by atoms with van der Waals surface area (Å²) in [6.45, 7) is 5.81. The Balaban J connectivity index is 1.54. The van der Waals surface area contributed by atoms with Crippen molar-refractivity contribution in [3.63, 3.8) is 0 Å². The monoisotopic (exact) mass is 320 g/mol. The van der Waals surface area contributed by atoms with E-state index >= 15 is 0 Å². The Labute approximate surface area is 135 Å². The number of aliphatic imine (C=N–C) groups is 1. The molecule has 1 amide bonds. The summed E-state index contributed by atoms with van der Waals surface area (Å²) in [6.07, 6.45) is 3.36. The molecule has 5 nitrogen and oxygen atoms in total. The molecule has 120 valence electrons. The summed E-state index contributed by atoms with van der Waals surface area (Å²) in [5.41, 5.74) is 7.34. The molecule has 3 heterocycles. The van der Waals surface area contributed by atoms with Crippen molar-refractivity contribution in [1.29, 1.82) is 0 Å². The van der Waals surface area contributed by atoms with E-state index in [2.05, 4.69) is 28.3 Å². The van der Waals surface area contributed by atoms with Gasteiger partial charge in [-0.05, 0) is 42.2 Å². The van der Waals surface area contributed by atoms with E-state index in [0.717, 1.165) is 32.5 Å². The van der Waals surface area contributed by atoms with Crippen LogP contribution in [0.3, 0.4) is 0 Å². The number of hydrogen-bond donors (Lipinski definition) is 1. The van der Waals surface area contributed by atoms with Crippen LogP contribution >= 0.6 is 11.3 Å². The van der Waals surface area contributed by atoms with E-state index in [1.54, 1.807) is 11.3 Å². The summed E-state index contributed by atoms with van der Waals surface area (Å²) in [5.74, 6) is 1.25. The number of hydrogen-bond acceptors (Lipinski definition) is 3. The second-order valence-electron chi connectivity index (χ2n) is 6.30. The molecule has 1 aromatic rings. The summed E-state index contributed by atoms with van der Waals surface area (Å²) in [5, 5.41) is 2.10. The first-order valence-electron chi connectivity index (χ1n) is 8.01. The molecule has 0 aromatic carbocycles. The molecule has 1 aromatic heterocycles. The maximum Gasteiger partial charge on any atom is 0.244 e. The van der Waals surface area contributed by atoms with Gasteiger partial charge in [-0.15, -0.1) is 11.3 Å². The van der Waals surface area contributed by atoms with E-state index < -0.39 is 0 Å². The number of fused-ring (bicyclic) bond motifs is 1. The maximum atomic E-state index is 12.3. The van der Waals surface area contributed by atoms with Gasteiger partial charge in [0.15, 0.2) is 5.96 Å². The van der Waals surface area contributed by atoms with Gasteiger partial charge in [0.05, 0.1) is 0 Å². The summed E-state index contributed by atoms with van der Waals surface area (Å²) in [4.78, 5) is 22.1. The van der Waals surface area contributed by atoms with Crippen molar-refractivity contribution >= 4 is 23.2 Å². The number of carbonyl (C=O) groups excluding carboxylic acids is 1. The van der Waals surface area contributed by atoms with E-state index in [1.807, 2.05) is 4.90 Å². The fraction of sp³-hybridized carbons (Fsp3) is 0.625. The molecule has 0 radical (unpaired) electrons. The molecule has 6 heteroatoms. The molecule has 0 spiro atoms. The van der Waals surface area contributed by atoms with Crippen LogP contribution in [0.5, 0.6) is 0 Å². The predicted octanol–water partition coefficient (Wildman–Crippen LogP) is 1.68. The van der Waals surface area contributed by atoms with Gasteiger partial charge < -0.3 is 15.5 Å². The molecule has 1 fully saturated rings. The van der Waals surface area contributed by atoms with Crippen LogP contribution in [-0.2, 0) is 17.8 Å². The van der Waals surface area contributed by atoms with Crippen molar-refractivity contribution in [1.82, 2.24) is 9.80 Å². The van der Waals surface area contributed by atoms with Crippen LogP contribution in [0.15, 0.2) is 16.4 Å². The molecule has 2 N–H and O–H groups in total. The summed E-state index contributed by atoms with van der Waals surface area (Å²) in [6, 6.07) is 2.12. The molecule has 1 saturated heterocycles. The Kier molecular flexibility index (Phi) is 4.66. The molecule has 22 heavy (non-hydrogen) atoms. The molecule has 0 bridgehead atoms. The van der Waals surface area contributed by atoms with Crippen LogP contribution in [0, 0.1) is 5.92 Å². The van der Waals surface area contributed by atoms with Gasteiger partial charge in [-0.2, -0.15) is 0 Å². The Morgan fingerprint density at radius 1 is 1.45 bits per heavy atom. The quantitative estimate of drug-likeness (QED) is 0.666. The van der Waals surface area contributed by atoms with E-state index in [-0.39, 0.29) is 12.5 Å². The van der Waals surface area contributed by atoms with Crippen LogP contribution in [0.1, 0.15) is 30.2 Å². The van der Waals surface area contributed by atoms with Crippen LogP contribution in [0.2, 0.25) is 0 Å². The van der Waals surface area contributed by atoms with Crippen molar-refractivity contribution in [3.8, 4) is 0 Å². The second-order valence-corrected chi connectivity index (χ2v) is 7.30. The maximum absolute atomic E-state index is 12.3. The third-order valence-electron chi connectivity index (χ3n) is 4.52. The highest BCUT2D eigenvalue weighted by molar-refractivity contribution is 7.10. The van der Waals surface area contributed by atoms with E-state index in [9.17, 15) is 4.79 Å². The molecule has 0 saturated carbocycles. The predicted molar refractivity (Wildman–Crippen MR) is 89.9 cm³/mol. The van der Waals surface area contributed by atoms with Crippen LogP contribution in [-0.4, -0.2) is 47.8 Å². The average molecular weight is 320 g/mol. The van der Waals surface area contributed by atoms with E-state index in [0.29, 0.717) is 18.4 Å². The third kappa shape index (κ3) is 3.43. The topological polar surface area (TPSA) is 61.9 Å². The minimum Gasteiger partial charge on any atom is -0.370 e. The average Bonchev–Trinajstić information content (AvgIpc) is 2.99. The molecular formula is C16H24N4OS. The summed E-state index contributed by atoms with van der Waals surface area (Å²) < 4.78 is 0. The molecule has 3 rings (SSSR count). The number of nitrogens with zero attached hydrogens (tertiary/aromatic N) is 3. The van der Waals surface area contributed by atoms with Gasteiger partial charge in [0.1, 0.15) is 6.54 Å². The minimum atomic E-state index is 0.0739. The number of carbonyl (C=O) groups is 1. The zero-order chi connectivity index (χ0) is 15.5. The number of rotatable bonds is 2. The minimum absolute atomic E-state index is 0.0739. The molecule has 1 atom stereocenters. The van der Waals surface area contributed by atoms with Gasteiger partial charge in [-0.25, -0.2) is 4.99 Å². The zero-order valence-corrected chi connectivity index (χ0v) is 13.9. The Bertz CT molecular complexity index is 568. The fourth-order valence-electron chi connectivity index (χ4n) is 3.21. The lowest BCUT2D eigenvalue weighted by molar-refractivity contribution is -0.130. The number of thiophene rings is 1. The highest BCUT2D eigenvalue weighted by Crippen LogP contribution is 2.24. The van der Waals surface area contributed by atoms with Gasteiger partial charge in [0, 0.05) is 31.1 Å². The first kappa shape index (κ1) is 15.3. The van der Waals surface area contributed by atoms with E-state index in [4.69, 9.17) is 5.73 Å². The number of piperidine rings is 1. The lowest BCUT2D eigenvalue weighted by Gasteiger charge is -2.32. The lowest BCUT2D eigenvalue weighted by atomic mass is 10.0. The SMILES string of the molecule is CC1CCCN(C(N)=NCC(=O)N2CCc3sccc3C2)C1. The lowest BCUT2D eigenvalue weighted by Crippen LogP contribution is -2.44. The standard InChI is InChI=1S/C16H24N4OS/c1-12-3-2-6-20(10-12)16(17)18-9-15(21)19-7-4-14-13(11-19)5-8-22-14/h5,8,12H,2-4,6-7,9-11H2,1H3,(H2,17,18). The zero-order valence-electron chi connectivity index (χ0n) is 13.1. The number of likely N-dealkylation sites (tertiary alicyclic amines) is 1. The first-order valence-corrected chi connectivity index (χ1v) is 8.89. The number of guanidine groups is 1. The Morgan fingerprint density at radius 2 is 2.32 bits per heavy atom. The van der Waals surface area contributed by atoms with Gasteiger partial charge in [-0.1, -0.05) is 6.92 Å². The molecule has 2 aliphatic heterocycles. The molecular weight excluding hydrogens is 296 g/mol. The van der Waals surface area contributed by atoms with Crippen molar-refractivity contribution in [2.45, 2.75) is 32.7 Å². The van der Waals surface area contributed by atoms with Crippen molar-refractivity contribution in [2.75, 3.05) is 26.2 Å². The van der Waals surface area contributed by atoms with Crippen molar-refractivity contribution < 1.29 is 4.79 Å². The van der Waals surface area contributed by atoms with E-state index in [1.165, 1.54) is 16.9 Å². The number of nitrogens with two attached hydrogens (primary N) is 1. The first-order chi connectivity index (χ1) is 10.6. The van der Waals surface area contributed by atoms with Crippen LogP contribution in [0.4, 0.5) is 0 Å². The van der Waals surface area contributed by atoms with Crippen LogP contribution < -0.4 is 5.73 Å². The largest absolute Gasteiger partial charge is 0.370 e. The molecule has 1 unspecified atom stereocenters. The van der Waals surface area contributed by atoms with Gasteiger partial charge >= 0.3 is 0 Å². The Morgan fingerprint density at radius 3 is 3.14 bits per heavy atom. The second kappa shape index (κ2) is 6.69. The highest BCUT2D eigenvalue weighted by Gasteiger charge is 2.22. The van der Waals surface area contributed by atoms with Gasteiger partial charge in [-0.3, -0.25) is 4.79 Å². The third-order valence-corrected chi connectivity index (χ3v) is 5.54. The van der Waals surface area contributed by atoms with Crippen LogP contribution in [0.25, 0.3) is 0 Å². The summed E-state index contributed by atoms with van der Waals surface area (Å²) in [7, 11) is 0.